The zero-order valence-electron chi connectivity index (χ0n) is 19.7. The van der Waals surface area contributed by atoms with E-state index in [1.807, 2.05) is 24.3 Å². The first kappa shape index (κ1) is 23.5. The Labute approximate surface area is 217 Å². The summed E-state index contributed by atoms with van der Waals surface area (Å²) in [5.41, 5.74) is 9.33. The van der Waals surface area contributed by atoms with Gasteiger partial charge in [0.1, 0.15) is 17.7 Å². The molecule has 36 heavy (non-hydrogen) atoms. The Hall–Kier alpha value is -2.92. The van der Waals surface area contributed by atoms with Crippen molar-refractivity contribution in [1.82, 2.24) is 29.9 Å². The zero-order valence-corrected chi connectivity index (χ0v) is 21.3. The molecule has 2 aliphatic rings. The Bertz CT molecular complexity index is 1400. The van der Waals surface area contributed by atoms with E-state index in [9.17, 15) is 0 Å². The lowest BCUT2D eigenvalue weighted by atomic mass is 9.73. The molecule has 3 aromatic heterocycles. The highest BCUT2D eigenvalue weighted by Gasteiger charge is 2.47. The molecule has 2 N–H and O–H groups in total. The average molecular weight is 521 g/mol. The van der Waals surface area contributed by atoms with Crippen LogP contribution < -0.4 is 10.6 Å². The molecular formula is C25H25ClN8OS. The number of hydrogen-bond donors (Lipinski definition) is 1. The van der Waals surface area contributed by atoms with E-state index in [-0.39, 0.29) is 17.6 Å². The van der Waals surface area contributed by atoms with Crippen molar-refractivity contribution < 1.29 is 4.74 Å². The third-order valence-electron chi connectivity index (χ3n) is 7.22. The molecule has 2 atom stereocenters. The molecule has 9 nitrogen and oxygen atoms in total. The van der Waals surface area contributed by atoms with Crippen molar-refractivity contribution in [2.24, 2.45) is 11.1 Å². The molecule has 2 aliphatic heterocycles. The van der Waals surface area contributed by atoms with Gasteiger partial charge in [-0.3, -0.25) is 0 Å². The summed E-state index contributed by atoms with van der Waals surface area (Å²) in [6.07, 6.45) is 8.79. The molecule has 0 radical (unpaired) electrons. The number of ether oxygens (including phenoxy) is 1. The fourth-order valence-corrected chi connectivity index (χ4v) is 6.11. The molecule has 0 saturated carbocycles. The predicted octanol–water partition coefficient (Wildman–Crippen LogP) is 4.01. The molecule has 1 spiro atoms. The average Bonchev–Trinajstić information content (AvgIpc) is 3.19. The number of nitrogens with zero attached hydrogens (tertiary/aromatic N) is 7. The monoisotopic (exact) mass is 520 g/mol. The van der Waals surface area contributed by atoms with E-state index in [1.54, 1.807) is 18.6 Å². The number of aromatic nitrogens is 6. The van der Waals surface area contributed by atoms with E-state index in [1.165, 1.54) is 18.1 Å². The lowest BCUT2D eigenvalue weighted by Gasteiger charge is -2.41. The third-order valence-corrected chi connectivity index (χ3v) is 8.68. The number of fused-ring (bicyclic) bond motifs is 1. The fourth-order valence-electron chi connectivity index (χ4n) is 4.99. The topological polar surface area (TPSA) is 116 Å². The number of hydrogen-bond acceptors (Lipinski definition) is 10. The molecular weight excluding hydrogens is 496 g/mol. The van der Waals surface area contributed by atoms with Gasteiger partial charge in [-0.05, 0) is 43.7 Å². The summed E-state index contributed by atoms with van der Waals surface area (Å²) >= 11 is 8.08. The molecule has 0 bridgehead atoms. The second kappa shape index (κ2) is 9.51. The van der Waals surface area contributed by atoms with Crippen LogP contribution in [-0.2, 0) is 4.74 Å². The van der Waals surface area contributed by atoms with Gasteiger partial charge in [0.2, 0.25) is 0 Å². The molecule has 6 rings (SSSR count). The van der Waals surface area contributed by atoms with E-state index in [2.05, 4.69) is 36.7 Å². The van der Waals surface area contributed by atoms with Gasteiger partial charge >= 0.3 is 0 Å². The Morgan fingerprint density at radius 1 is 1.11 bits per heavy atom. The first-order chi connectivity index (χ1) is 17.5. The maximum absolute atomic E-state index is 6.69. The first-order valence-electron chi connectivity index (χ1n) is 11.9. The maximum Gasteiger partial charge on any atom is 0.194 e. The van der Waals surface area contributed by atoms with Crippen LogP contribution in [0.1, 0.15) is 19.8 Å². The molecule has 0 aliphatic carbocycles. The Balaban J connectivity index is 1.19. The Kier molecular flexibility index (Phi) is 6.20. The molecule has 11 heteroatoms. The fraction of sp³-hybridized carbons (Fsp3) is 0.360. The zero-order chi connectivity index (χ0) is 24.7. The summed E-state index contributed by atoms with van der Waals surface area (Å²) in [6, 6.07) is 7.72. The van der Waals surface area contributed by atoms with E-state index in [0.717, 1.165) is 54.5 Å². The van der Waals surface area contributed by atoms with E-state index < -0.39 is 0 Å². The van der Waals surface area contributed by atoms with Gasteiger partial charge in [0.25, 0.3) is 0 Å². The number of halogens is 1. The second-order valence-corrected chi connectivity index (χ2v) is 10.7. The molecule has 1 aromatic carbocycles. The molecule has 5 heterocycles. The van der Waals surface area contributed by atoms with Crippen LogP contribution in [-0.4, -0.2) is 61.7 Å². The van der Waals surface area contributed by atoms with Gasteiger partial charge in [-0.1, -0.05) is 23.7 Å². The summed E-state index contributed by atoms with van der Waals surface area (Å²) in [6.45, 7) is 4.56. The van der Waals surface area contributed by atoms with Gasteiger partial charge in [0.05, 0.1) is 35.8 Å². The van der Waals surface area contributed by atoms with Crippen molar-refractivity contribution in [3.05, 3.63) is 54.2 Å². The minimum absolute atomic E-state index is 0.0709. The van der Waals surface area contributed by atoms with Crippen molar-refractivity contribution >= 4 is 40.3 Å². The van der Waals surface area contributed by atoms with E-state index >= 15 is 0 Å². The van der Waals surface area contributed by atoms with Crippen molar-refractivity contribution in [2.45, 2.75) is 42.0 Å². The summed E-state index contributed by atoms with van der Waals surface area (Å²) in [5.74, 6) is 0.836. The highest BCUT2D eigenvalue weighted by Crippen LogP contribution is 2.42. The summed E-state index contributed by atoms with van der Waals surface area (Å²) in [4.78, 5) is 29.9. The predicted molar refractivity (Wildman–Crippen MR) is 139 cm³/mol. The summed E-state index contributed by atoms with van der Waals surface area (Å²) < 4.78 is 5.84. The van der Waals surface area contributed by atoms with E-state index in [4.69, 9.17) is 27.1 Å². The van der Waals surface area contributed by atoms with Crippen molar-refractivity contribution in [2.75, 3.05) is 24.6 Å². The largest absolute Gasteiger partial charge is 0.376 e. The van der Waals surface area contributed by atoms with Gasteiger partial charge in [-0.25, -0.2) is 29.9 Å². The highest BCUT2D eigenvalue weighted by atomic mass is 35.5. The standard InChI is InChI=1S/C25H25ClN8OS/c1-15-22(27)25(13-35-15)6-9-34(10-7-25)20-12-29-23-18(32-20)11-30-24(33-23)36-19-4-2-3-16(21(19)26)17-5-8-28-14-31-17/h2-5,8,11-12,14-15,22H,6-7,9-10,13,27H2,1H3/t15-,22+/m0/s1. The van der Waals surface area contributed by atoms with Crippen LogP contribution in [0.2, 0.25) is 5.02 Å². The summed E-state index contributed by atoms with van der Waals surface area (Å²) in [7, 11) is 0. The lowest BCUT2D eigenvalue weighted by molar-refractivity contribution is 0.0974. The minimum Gasteiger partial charge on any atom is -0.376 e. The van der Waals surface area contributed by atoms with Gasteiger partial charge in [0, 0.05) is 41.2 Å². The number of benzene rings is 1. The van der Waals surface area contributed by atoms with Gasteiger partial charge in [-0.2, -0.15) is 0 Å². The normalized spacial score (nSPS) is 21.4. The Morgan fingerprint density at radius 3 is 2.72 bits per heavy atom. The van der Waals surface area contributed by atoms with E-state index in [0.29, 0.717) is 21.3 Å². The van der Waals surface area contributed by atoms with Crippen LogP contribution in [0.4, 0.5) is 5.82 Å². The van der Waals surface area contributed by atoms with Crippen LogP contribution >= 0.6 is 23.4 Å². The minimum atomic E-state index is 0.0709. The number of anilines is 1. The maximum atomic E-state index is 6.69. The number of nitrogens with two attached hydrogens (primary N) is 1. The van der Waals surface area contributed by atoms with Crippen LogP contribution in [0, 0.1) is 5.41 Å². The molecule has 4 aromatic rings. The van der Waals surface area contributed by atoms with Crippen molar-refractivity contribution in [3.63, 3.8) is 0 Å². The lowest BCUT2D eigenvalue weighted by Crippen LogP contribution is -2.50. The number of rotatable bonds is 4. The summed E-state index contributed by atoms with van der Waals surface area (Å²) in [5, 5.41) is 1.14. The van der Waals surface area contributed by atoms with Gasteiger partial charge < -0.3 is 15.4 Å². The van der Waals surface area contributed by atoms with Crippen molar-refractivity contribution in [3.8, 4) is 11.3 Å². The molecule has 184 valence electrons. The Morgan fingerprint density at radius 2 is 1.97 bits per heavy atom. The van der Waals surface area contributed by atoms with Crippen LogP contribution in [0.3, 0.4) is 0 Å². The van der Waals surface area contributed by atoms with Gasteiger partial charge in [0.15, 0.2) is 10.8 Å². The van der Waals surface area contributed by atoms with Crippen LogP contribution in [0.25, 0.3) is 22.4 Å². The SMILES string of the molecule is C[C@@H]1OCC2(CCN(c3cnc4nc(Sc5cccc(-c6ccncn6)c5Cl)ncc4n3)CC2)[C@@H]1N. The molecule has 2 saturated heterocycles. The van der Waals surface area contributed by atoms with Crippen LogP contribution in [0.15, 0.2) is 59.2 Å². The van der Waals surface area contributed by atoms with Gasteiger partial charge in [-0.15, -0.1) is 0 Å². The first-order valence-corrected chi connectivity index (χ1v) is 13.1. The number of piperidine rings is 1. The quantitative estimate of drug-likeness (QED) is 0.395. The second-order valence-electron chi connectivity index (χ2n) is 9.30. The van der Waals surface area contributed by atoms with Crippen LogP contribution in [0.5, 0.6) is 0 Å². The highest BCUT2D eigenvalue weighted by molar-refractivity contribution is 7.99. The molecule has 0 unspecified atom stereocenters. The molecule has 0 amide bonds. The van der Waals surface area contributed by atoms with Crippen molar-refractivity contribution in [1.29, 1.82) is 0 Å². The smallest absolute Gasteiger partial charge is 0.194 e. The molecule has 2 fully saturated rings. The third kappa shape index (κ3) is 4.28.